The molecule has 0 aliphatic carbocycles. The smallest absolute Gasteiger partial charge is 0.410 e. The zero-order chi connectivity index (χ0) is 14.8. The van der Waals surface area contributed by atoms with Crippen molar-refractivity contribution in [3.05, 3.63) is 34.9 Å². The molecule has 6 heteroatoms. The van der Waals surface area contributed by atoms with Gasteiger partial charge in [0.05, 0.1) is 12.1 Å². The molecule has 0 spiro atoms. The van der Waals surface area contributed by atoms with E-state index in [0.717, 1.165) is 5.56 Å². The minimum Gasteiger partial charge on any atom is -0.481 e. The number of amides is 1. The fourth-order valence-corrected chi connectivity index (χ4v) is 2.42. The first-order valence-electron chi connectivity index (χ1n) is 6.32. The van der Waals surface area contributed by atoms with E-state index >= 15 is 0 Å². The summed E-state index contributed by atoms with van der Waals surface area (Å²) in [4.78, 5) is 24.1. The van der Waals surface area contributed by atoms with E-state index in [1.807, 2.05) is 25.1 Å². The summed E-state index contributed by atoms with van der Waals surface area (Å²) >= 11 is 6.10. The summed E-state index contributed by atoms with van der Waals surface area (Å²) in [7, 11) is 0. The molecule has 0 saturated carbocycles. The summed E-state index contributed by atoms with van der Waals surface area (Å²) in [6.45, 7) is 2.34. The fourth-order valence-electron chi connectivity index (χ4n) is 2.23. The lowest BCUT2D eigenvalue weighted by molar-refractivity contribution is -0.137. The number of carbonyl (C=O) groups is 2. The maximum absolute atomic E-state index is 11.9. The predicted octanol–water partition coefficient (Wildman–Crippen LogP) is 2.92. The second kappa shape index (κ2) is 5.71. The van der Waals surface area contributed by atoms with Crippen LogP contribution in [0.5, 0.6) is 0 Å². The Morgan fingerprint density at radius 1 is 1.50 bits per heavy atom. The molecule has 0 radical (unpaired) electrons. The minimum absolute atomic E-state index is 0.00778. The molecule has 1 aromatic carbocycles. The van der Waals surface area contributed by atoms with Crippen LogP contribution in [0.1, 0.15) is 25.3 Å². The molecule has 108 valence electrons. The van der Waals surface area contributed by atoms with Crippen molar-refractivity contribution >= 4 is 23.7 Å². The first kappa shape index (κ1) is 14.7. The van der Waals surface area contributed by atoms with Gasteiger partial charge in [-0.25, -0.2) is 4.79 Å². The highest BCUT2D eigenvalue weighted by atomic mass is 35.5. The van der Waals surface area contributed by atoms with E-state index in [0.29, 0.717) is 18.0 Å². The van der Waals surface area contributed by atoms with Gasteiger partial charge in [-0.05, 0) is 25.0 Å². The zero-order valence-electron chi connectivity index (χ0n) is 11.1. The van der Waals surface area contributed by atoms with Crippen LogP contribution in [0, 0.1) is 0 Å². The monoisotopic (exact) mass is 297 g/mol. The number of halogens is 1. The van der Waals surface area contributed by atoms with Crippen molar-refractivity contribution in [2.75, 3.05) is 6.61 Å². The number of carboxylic acid groups (broad SMARTS) is 1. The number of benzene rings is 1. The standard InChI is InChI=1S/C14H16ClNO4/c1-14(7-6-12(17)18)9-20-13(19)16(14)8-10-4-2-3-5-11(10)15/h2-5H,6-9H2,1H3,(H,17,18). The number of carboxylic acids is 1. The molecule has 0 aromatic heterocycles. The van der Waals surface area contributed by atoms with Gasteiger partial charge in [0.15, 0.2) is 0 Å². The molecule has 1 aromatic rings. The molecule has 20 heavy (non-hydrogen) atoms. The minimum atomic E-state index is -0.886. The predicted molar refractivity (Wildman–Crippen MR) is 73.6 cm³/mol. The van der Waals surface area contributed by atoms with Crippen LogP contribution < -0.4 is 0 Å². The molecule has 0 bridgehead atoms. The average molecular weight is 298 g/mol. The van der Waals surface area contributed by atoms with E-state index in [2.05, 4.69) is 0 Å². The van der Waals surface area contributed by atoms with E-state index in [1.54, 1.807) is 11.0 Å². The summed E-state index contributed by atoms with van der Waals surface area (Å²) in [6, 6.07) is 7.26. The number of cyclic esters (lactones) is 1. The number of carbonyl (C=O) groups excluding carboxylic acids is 1. The molecule has 1 unspecified atom stereocenters. The van der Waals surface area contributed by atoms with Crippen LogP contribution in [0.25, 0.3) is 0 Å². The molecule has 1 heterocycles. The van der Waals surface area contributed by atoms with Crippen LogP contribution in [0.2, 0.25) is 5.02 Å². The summed E-state index contributed by atoms with van der Waals surface area (Å²) < 4.78 is 5.08. The van der Waals surface area contributed by atoms with Gasteiger partial charge < -0.3 is 9.84 Å². The highest BCUT2D eigenvalue weighted by molar-refractivity contribution is 6.31. The third-order valence-corrected chi connectivity index (χ3v) is 3.91. The number of aliphatic carboxylic acids is 1. The van der Waals surface area contributed by atoms with E-state index in [1.165, 1.54) is 0 Å². The zero-order valence-corrected chi connectivity index (χ0v) is 11.9. The molecule has 5 nitrogen and oxygen atoms in total. The lowest BCUT2D eigenvalue weighted by Crippen LogP contribution is -2.44. The van der Waals surface area contributed by atoms with E-state index < -0.39 is 17.6 Å². The molecule has 1 atom stereocenters. The quantitative estimate of drug-likeness (QED) is 0.907. The molecule has 2 rings (SSSR count). The first-order valence-corrected chi connectivity index (χ1v) is 6.70. The van der Waals surface area contributed by atoms with Crippen molar-refractivity contribution in [1.29, 1.82) is 0 Å². The second-order valence-electron chi connectivity index (χ2n) is 5.12. The number of hydrogen-bond donors (Lipinski definition) is 1. The molecule has 1 aliphatic heterocycles. The van der Waals surface area contributed by atoms with Gasteiger partial charge in [-0.3, -0.25) is 9.69 Å². The normalized spacial score (nSPS) is 21.9. The van der Waals surface area contributed by atoms with Gasteiger partial charge in [0.2, 0.25) is 0 Å². The molecule has 1 aliphatic rings. The highest BCUT2D eigenvalue weighted by Gasteiger charge is 2.43. The Hall–Kier alpha value is -1.75. The van der Waals surface area contributed by atoms with Crippen LogP contribution in [-0.4, -0.2) is 34.2 Å². The van der Waals surface area contributed by atoms with Gasteiger partial charge in [-0.1, -0.05) is 29.8 Å². The molecule has 1 amide bonds. The largest absolute Gasteiger partial charge is 0.481 e. The molecular weight excluding hydrogens is 282 g/mol. The van der Waals surface area contributed by atoms with Crippen molar-refractivity contribution in [2.24, 2.45) is 0 Å². The Balaban J connectivity index is 2.16. The third kappa shape index (κ3) is 3.04. The van der Waals surface area contributed by atoms with Crippen molar-refractivity contribution in [1.82, 2.24) is 4.90 Å². The van der Waals surface area contributed by atoms with Gasteiger partial charge >= 0.3 is 12.1 Å². The third-order valence-electron chi connectivity index (χ3n) is 3.54. The summed E-state index contributed by atoms with van der Waals surface area (Å²) in [5, 5.41) is 9.39. The van der Waals surface area contributed by atoms with Crippen molar-refractivity contribution in [3.63, 3.8) is 0 Å². The van der Waals surface area contributed by atoms with Gasteiger partial charge in [-0.2, -0.15) is 0 Å². The van der Waals surface area contributed by atoms with Crippen LogP contribution in [-0.2, 0) is 16.1 Å². The Kier molecular flexibility index (Phi) is 4.18. The van der Waals surface area contributed by atoms with E-state index in [9.17, 15) is 9.59 Å². The Morgan fingerprint density at radius 2 is 2.20 bits per heavy atom. The number of nitrogens with zero attached hydrogens (tertiary/aromatic N) is 1. The molecule has 1 N–H and O–H groups in total. The van der Waals surface area contributed by atoms with Gasteiger partial charge in [0, 0.05) is 11.4 Å². The maximum atomic E-state index is 11.9. The van der Waals surface area contributed by atoms with Crippen LogP contribution in [0.4, 0.5) is 4.79 Å². The van der Waals surface area contributed by atoms with Gasteiger partial charge in [0.1, 0.15) is 6.61 Å². The average Bonchev–Trinajstić information content (AvgIpc) is 2.68. The van der Waals surface area contributed by atoms with E-state index in [4.69, 9.17) is 21.4 Å². The van der Waals surface area contributed by atoms with Crippen molar-refractivity contribution in [2.45, 2.75) is 31.8 Å². The molecular formula is C14H16ClNO4. The van der Waals surface area contributed by atoms with Crippen molar-refractivity contribution in [3.8, 4) is 0 Å². The number of hydrogen-bond acceptors (Lipinski definition) is 3. The Bertz CT molecular complexity index is 534. The van der Waals surface area contributed by atoms with Crippen LogP contribution in [0.3, 0.4) is 0 Å². The topological polar surface area (TPSA) is 66.8 Å². The van der Waals surface area contributed by atoms with E-state index in [-0.39, 0.29) is 13.0 Å². The summed E-state index contributed by atoms with van der Waals surface area (Å²) in [5.41, 5.74) is 0.198. The Labute approximate surface area is 122 Å². The maximum Gasteiger partial charge on any atom is 0.410 e. The first-order chi connectivity index (χ1) is 9.42. The second-order valence-corrected chi connectivity index (χ2v) is 5.53. The fraction of sp³-hybridized carbons (Fsp3) is 0.429. The van der Waals surface area contributed by atoms with Crippen LogP contribution in [0.15, 0.2) is 24.3 Å². The lowest BCUT2D eigenvalue weighted by atomic mass is 9.95. The van der Waals surface area contributed by atoms with Crippen LogP contribution >= 0.6 is 11.6 Å². The number of ether oxygens (including phenoxy) is 1. The van der Waals surface area contributed by atoms with Gasteiger partial charge in [-0.15, -0.1) is 0 Å². The van der Waals surface area contributed by atoms with Gasteiger partial charge in [0.25, 0.3) is 0 Å². The lowest BCUT2D eigenvalue weighted by Gasteiger charge is -2.31. The summed E-state index contributed by atoms with van der Waals surface area (Å²) in [5.74, 6) is -0.886. The highest BCUT2D eigenvalue weighted by Crippen LogP contribution is 2.31. The number of rotatable bonds is 5. The Morgan fingerprint density at radius 3 is 2.85 bits per heavy atom. The SMILES string of the molecule is CC1(CCC(=O)O)COC(=O)N1Cc1ccccc1Cl. The molecule has 1 fully saturated rings. The summed E-state index contributed by atoms with van der Waals surface area (Å²) in [6.07, 6.45) is -0.0946. The molecule has 1 saturated heterocycles. The van der Waals surface area contributed by atoms with Crippen molar-refractivity contribution < 1.29 is 19.4 Å².